The number of hydrogen-bond acceptors (Lipinski definition) is 4. The number of aldehydes is 1. The van der Waals surface area contributed by atoms with E-state index in [-0.39, 0.29) is 12.8 Å². The topological polar surface area (TPSA) is 89.6 Å². The molecule has 0 saturated heterocycles. The van der Waals surface area contributed by atoms with E-state index >= 15 is 0 Å². The smallest absolute Gasteiger partial charge is 0.302 e. The van der Waals surface area contributed by atoms with E-state index < -0.39 is 11.9 Å². The molecule has 0 aliphatic carbocycles. The summed E-state index contributed by atoms with van der Waals surface area (Å²) in [7, 11) is 0. The summed E-state index contributed by atoms with van der Waals surface area (Å²) in [4.78, 5) is 29.6. The van der Waals surface area contributed by atoms with Gasteiger partial charge in [-0.25, -0.2) is 0 Å². The largest absolute Gasteiger partial charge is 0.320 e. The molecular weight excluding hydrogens is 136 g/mol. The summed E-state index contributed by atoms with van der Waals surface area (Å²) >= 11 is 0. The van der Waals surface area contributed by atoms with Crippen LogP contribution < -0.4 is 5.73 Å². The molecule has 0 radical (unpaired) electrons. The molecule has 1 amide bonds. The van der Waals surface area contributed by atoms with Crippen LogP contribution in [0.3, 0.4) is 0 Å². The molecule has 2 N–H and O–H groups in total. The van der Waals surface area contributed by atoms with E-state index in [2.05, 4.69) is 5.18 Å². The fraction of sp³-hybridized carbons (Fsp3) is 0.600. The third-order valence-electron chi connectivity index (χ3n) is 1.00. The Labute approximate surface area is 57.6 Å². The lowest BCUT2D eigenvalue weighted by molar-refractivity contribution is -0.119. The van der Waals surface area contributed by atoms with Gasteiger partial charge in [-0.05, 0) is 6.42 Å². The zero-order valence-corrected chi connectivity index (χ0v) is 5.32. The normalized spacial score (nSPS) is 12.1. The number of carbonyl (C=O) groups is 2. The summed E-state index contributed by atoms with van der Waals surface area (Å²) in [5.41, 5.74) is 5.11. The van der Waals surface area contributed by atoms with Gasteiger partial charge in [0.25, 0.3) is 0 Å². The molecule has 0 aromatic heterocycles. The first-order valence-corrected chi connectivity index (χ1v) is 2.78. The van der Waals surface area contributed by atoms with Gasteiger partial charge >= 0.3 is 5.91 Å². The summed E-state index contributed by atoms with van der Waals surface area (Å²) in [5, 5.41) is 2.11. The highest BCUT2D eigenvalue weighted by atomic mass is 16.3. The molecule has 0 spiro atoms. The number of nitroso groups, excluding NO2 is 1. The van der Waals surface area contributed by atoms with Crippen LogP contribution in [0.2, 0.25) is 0 Å². The molecule has 0 saturated carbocycles. The monoisotopic (exact) mass is 144 g/mol. The highest BCUT2D eigenvalue weighted by molar-refractivity contribution is 5.82. The Morgan fingerprint density at radius 3 is 2.70 bits per heavy atom. The maximum absolute atomic E-state index is 10.3. The van der Waals surface area contributed by atoms with E-state index in [1.165, 1.54) is 0 Å². The molecular formula is C5H8N2O3. The van der Waals surface area contributed by atoms with Crippen molar-refractivity contribution in [2.45, 2.75) is 18.9 Å². The molecule has 0 aromatic rings. The summed E-state index contributed by atoms with van der Waals surface area (Å²) < 4.78 is 0. The Morgan fingerprint density at radius 1 is 1.70 bits per heavy atom. The van der Waals surface area contributed by atoms with Crippen molar-refractivity contribution in [2.24, 2.45) is 10.9 Å². The predicted octanol–water partition coefficient (Wildman–Crippen LogP) is -0.414. The highest BCUT2D eigenvalue weighted by Crippen LogP contribution is 1.93. The van der Waals surface area contributed by atoms with Crippen molar-refractivity contribution in [3.63, 3.8) is 0 Å². The van der Waals surface area contributed by atoms with Gasteiger partial charge in [-0.1, -0.05) is 0 Å². The minimum absolute atomic E-state index is 0.183. The van der Waals surface area contributed by atoms with Gasteiger partial charge in [0.15, 0.2) is 0 Å². The second-order valence-corrected chi connectivity index (χ2v) is 1.78. The first-order valence-electron chi connectivity index (χ1n) is 2.78. The van der Waals surface area contributed by atoms with Crippen LogP contribution in [0.1, 0.15) is 12.8 Å². The third-order valence-corrected chi connectivity index (χ3v) is 1.00. The predicted molar refractivity (Wildman–Crippen MR) is 34.1 cm³/mol. The van der Waals surface area contributed by atoms with E-state index in [4.69, 9.17) is 5.73 Å². The van der Waals surface area contributed by atoms with Gasteiger partial charge in [0.05, 0.1) is 6.04 Å². The van der Waals surface area contributed by atoms with Gasteiger partial charge in [0, 0.05) is 11.6 Å². The number of nitrogens with two attached hydrogens (primary N) is 1. The van der Waals surface area contributed by atoms with Gasteiger partial charge < -0.3 is 10.5 Å². The summed E-state index contributed by atoms with van der Waals surface area (Å²) in [6.07, 6.45) is 1.01. The van der Waals surface area contributed by atoms with E-state index in [9.17, 15) is 14.5 Å². The molecule has 0 unspecified atom stereocenters. The summed E-state index contributed by atoms with van der Waals surface area (Å²) in [5.74, 6) is -0.901. The highest BCUT2D eigenvalue weighted by Gasteiger charge is 2.12. The van der Waals surface area contributed by atoms with E-state index in [0.717, 1.165) is 0 Å². The molecule has 5 heteroatoms. The van der Waals surface area contributed by atoms with Crippen LogP contribution in [0.5, 0.6) is 0 Å². The maximum Gasteiger partial charge on any atom is 0.302 e. The summed E-state index contributed by atoms with van der Waals surface area (Å²) in [6, 6.07) is -0.914. The number of rotatable bonds is 4. The Hall–Kier alpha value is -1.10. The molecule has 0 fully saturated rings. The van der Waals surface area contributed by atoms with Gasteiger partial charge in [-0.2, -0.15) is 0 Å². The number of hydrogen-bond donors (Lipinski definition) is 1. The second kappa shape index (κ2) is 4.75. The van der Waals surface area contributed by atoms with Crippen LogP contribution in [0.4, 0.5) is 0 Å². The standard InChI is InChI=1S/C5H8N2O3/c6-4(2-1-3-8)5(9)7-10/h3-4H,1-2,6H2/t4-/m0/s1. The van der Waals surface area contributed by atoms with Crippen molar-refractivity contribution >= 4 is 12.2 Å². The fourth-order valence-electron chi connectivity index (χ4n) is 0.439. The Balaban J connectivity index is 3.60. The van der Waals surface area contributed by atoms with Crippen LogP contribution >= 0.6 is 0 Å². The van der Waals surface area contributed by atoms with Crippen LogP contribution in [0.15, 0.2) is 5.18 Å². The minimum atomic E-state index is -0.914. The molecule has 1 atom stereocenters. The molecule has 56 valence electrons. The van der Waals surface area contributed by atoms with Crippen molar-refractivity contribution in [1.29, 1.82) is 0 Å². The molecule has 5 nitrogen and oxygen atoms in total. The number of carbonyl (C=O) groups excluding carboxylic acids is 2. The SMILES string of the molecule is N[C@@H](CCC=O)C(=O)N=O. The van der Waals surface area contributed by atoms with Crippen LogP contribution in [0.25, 0.3) is 0 Å². The molecule has 10 heavy (non-hydrogen) atoms. The van der Waals surface area contributed by atoms with Crippen molar-refractivity contribution in [2.75, 3.05) is 0 Å². The zero-order chi connectivity index (χ0) is 7.98. The van der Waals surface area contributed by atoms with Gasteiger partial charge in [0.1, 0.15) is 6.29 Å². The lowest BCUT2D eigenvalue weighted by Gasteiger charge is -1.99. The molecule has 0 bridgehead atoms. The van der Waals surface area contributed by atoms with Gasteiger partial charge in [-0.3, -0.25) is 4.79 Å². The zero-order valence-electron chi connectivity index (χ0n) is 5.32. The Kier molecular flexibility index (Phi) is 4.23. The van der Waals surface area contributed by atoms with E-state index in [1.807, 2.05) is 0 Å². The van der Waals surface area contributed by atoms with Crippen molar-refractivity contribution in [3.8, 4) is 0 Å². The fourth-order valence-corrected chi connectivity index (χ4v) is 0.439. The number of nitrogens with zero attached hydrogens (tertiary/aromatic N) is 1. The maximum atomic E-state index is 10.3. The molecule has 0 aliphatic rings. The van der Waals surface area contributed by atoms with Crippen molar-refractivity contribution < 1.29 is 9.59 Å². The average molecular weight is 144 g/mol. The third kappa shape index (κ3) is 3.03. The molecule has 0 heterocycles. The first-order chi connectivity index (χ1) is 4.72. The lowest BCUT2D eigenvalue weighted by atomic mass is 10.2. The van der Waals surface area contributed by atoms with Crippen LogP contribution in [-0.2, 0) is 9.59 Å². The Bertz CT molecular complexity index is 146. The van der Waals surface area contributed by atoms with Crippen LogP contribution in [-0.4, -0.2) is 18.2 Å². The molecule has 0 aromatic carbocycles. The first kappa shape index (κ1) is 8.90. The molecule has 0 aliphatic heterocycles. The average Bonchev–Trinajstić information content (AvgIpc) is 1.98. The van der Waals surface area contributed by atoms with Crippen LogP contribution in [0, 0.1) is 4.91 Å². The Morgan fingerprint density at radius 2 is 2.30 bits per heavy atom. The van der Waals surface area contributed by atoms with Gasteiger partial charge in [0.2, 0.25) is 0 Å². The molecule has 0 rings (SSSR count). The lowest BCUT2D eigenvalue weighted by Crippen LogP contribution is -2.28. The quantitative estimate of drug-likeness (QED) is 0.428. The van der Waals surface area contributed by atoms with E-state index in [0.29, 0.717) is 6.29 Å². The van der Waals surface area contributed by atoms with Gasteiger partial charge in [-0.15, -0.1) is 4.91 Å². The van der Waals surface area contributed by atoms with Crippen molar-refractivity contribution in [1.82, 2.24) is 0 Å². The second-order valence-electron chi connectivity index (χ2n) is 1.78. The van der Waals surface area contributed by atoms with E-state index in [1.54, 1.807) is 0 Å². The number of amides is 1. The minimum Gasteiger partial charge on any atom is -0.320 e. The van der Waals surface area contributed by atoms with Crippen molar-refractivity contribution in [3.05, 3.63) is 4.91 Å². The summed E-state index contributed by atoms with van der Waals surface area (Å²) in [6.45, 7) is 0.